The van der Waals surface area contributed by atoms with Gasteiger partial charge in [0.2, 0.25) is 0 Å². The second-order valence-corrected chi connectivity index (χ2v) is 4.78. The van der Waals surface area contributed by atoms with Crippen LogP contribution in [0.1, 0.15) is 23.2 Å². The highest BCUT2D eigenvalue weighted by Gasteiger charge is 2.64. The Labute approximate surface area is 106 Å². The second kappa shape index (κ2) is 3.76. The van der Waals surface area contributed by atoms with Crippen molar-refractivity contribution in [1.29, 1.82) is 0 Å². The molecule has 0 spiro atoms. The van der Waals surface area contributed by atoms with Gasteiger partial charge in [-0.3, -0.25) is 4.79 Å². The fourth-order valence-corrected chi connectivity index (χ4v) is 2.16. The number of fused-ring (bicyclic) bond motifs is 1. The molecule has 100 valence electrons. The number of hydrogen-bond donors (Lipinski definition) is 2. The lowest BCUT2D eigenvalue weighted by Crippen LogP contribution is -2.47. The minimum absolute atomic E-state index is 0.0526. The molecule has 19 heavy (non-hydrogen) atoms. The van der Waals surface area contributed by atoms with Gasteiger partial charge in [-0.2, -0.15) is 13.2 Å². The summed E-state index contributed by atoms with van der Waals surface area (Å²) in [6.07, 6.45) is -2.85. The monoisotopic (exact) mass is 268 g/mol. The normalized spacial score (nSPS) is 17.4. The van der Waals surface area contributed by atoms with Gasteiger partial charge in [0.1, 0.15) is 5.54 Å². The summed E-state index contributed by atoms with van der Waals surface area (Å²) in [6.45, 7) is 0. The lowest BCUT2D eigenvalue weighted by molar-refractivity contribution is -0.163. The van der Waals surface area contributed by atoms with E-state index in [1.807, 2.05) is 0 Å². The first-order valence-electron chi connectivity index (χ1n) is 5.88. The lowest BCUT2D eigenvalue weighted by atomic mass is 10.1. The van der Waals surface area contributed by atoms with Crippen molar-refractivity contribution in [3.63, 3.8) is 0 Å². The van der Waals surface area contributed by atoms with Crippen LogP contribution < -0.4 is 5.32 Å². The molecule has 1 aliphatic carbocycles. The van der Waals surface area contributed by atoms with E-state index in [1.165, 1.54) is 6.07 Å². The first-order valence-corrected chi connectivity index (χ1v) is 5.88. The average molecular weight is 268 g/mol. The average Bonchev–Trinajstić information content (AvgIpc) is 2.98. The first-order chi connectivity index (χ1) is 8.93. The van der Waals surface area contributed by atoms with Crippen LogP contribution in [0.2, 0.25) is 0 Å². The summed E-state index contributed by atoms with van der Waals surface area (Å²) >= 11 is 0. The van der Waals surface area contributed by atoms with Gasteiger partial charge in [-0.05, 0) is 25.0 Å². The zero-order valence-electron chi connectivity index (χ0n) is 9.84. The zero-order valence-corrected chi connectivity index (χ0v) is 9.84. The summed E-state index contributed by atoms with van der Waals surface area (Å²) in [6, 6.07) is 6.72. The fraction of sp³-hybridized carbons (Fsp3) is 0.308. The van der Waals surface area contributed by atoms with Crippen LogP contribution in [0.4, 0.5) is 13.2 Å². The molecule has 0 aliphatic heterocycles. The van der Waals surface area contributed by atoms with Crippen molar-refractivity contribution in [3.8, 4) is 0 Å². The third-order valence-corrected chi connectivity index (χ3v) is 3.48. The van der Waals surface area contributed by atoms with E-state index in [0.29, 0.717) is 5.52 Å². The molecule has 6 heteroatoms. The molecule has 1 heterocycles. The number of halogens is 3. The molecular weight excluding hydrogens is 257 g/mol. The molecule has 0 unspecified atom stereocenters. The van der Waals surface area contributed by atoms with Crippen LogP contribution in [0.5, 0.6) is 0 Å². The number of hydrogen-bond acceptors (Lipinski definition) is 1. The van der Waals surface area contributed by atoms with Crippen LogP contribution in [-0.4, -0.2) is 22.6 Å². The lowest BCUT2D eigenvalue weighted by Gasteiger charge is -2.20. The first kappa shape index (κ1) is 12.1. The van der Waals surface area contributed by atoms with E-state index in [1.54, 1.807) is 24.4 Å². The van der Waals surface area contributed by atoms with Gasteiger partial charge in [-0.15, -0.1) is 0 Å². The maximum atomic E-state index is 12.8. The Morgan fingerprint density at radius 3 is 2.63 bits per heavy atom. The van der Waals surface area contributed by atoms with Gasteiger partial charge in [-0.25, -0.2) is 0 Å². The summed E-state index contributed by atoms with van der Waals surface area (Å²) in [7, 11) is 0. The highest BCUT2D eigenvalue weighted by Crippen LogP contribution is 2.49. The SMILES string of the molecule is O=C(NC1(C(F)(F)F)CC1)c1cccc2cc[nH]c12. The van der Waals surface area contributed by atoms with Crippen LogP contribution in [0, 0.1) is 0 Å². The maximum Gasteiger partial charge on any atom is 0.411 e. The predicted octanol–water partition coefficient (Wildman–Crippen LogP) is 2.99. The summed E-state index contributed by atoms with van der Waals surface area (Å²) in [5, 5.41) is 2.92. The number of aromatic amines is 1. The van der Waals surface area contributed by atoms with E-state index >= 15 is 0 Å². The Morgan fingerprint density at radius 1 is 1.26 bits per heavy atom. The summed E-state index contributed by atoms with van der Waals surface area (Å²) in [4.78, 5) is 14.9. The topological polar surface area (TPSA) is 44.9 Å². The Balaban J connectivity index is 1.91. The second-order valence-electron chi connectivity index (χ2n) is 4.78. The van der Waals surface area contributed by atoms with Crippen molar-refractivity contribution in [2.75, 3.05) is 0 Å². The Kier molecular flexibility index (Phi) is 2.39. The molecule has 0 bridgehead atoms. The molecule has 3 rings (SSSR count). The molecule has 0 radical (unpaired) electrons. The van der Waals surface area contributed by atoms with E-state index in [-0.39, 0.29) is 18.4 Å². The minimum Gasteiger partial charge on any atom is -0.361 e. The van der Waals surface area contributed by atoms with E-state index in [9.17, 15) is 18.0 Å². The molecule has 0 atom stereocenters. The van der Waals surface area contributed by atoms with Crippen LogP contribution in [0.25, 0.3) is 10.9 Å². The smallest absolute Gasteiger partial charge is 0.361 e. The van der Waals surface area contributed by atoms with Gasteiger partial charge in [0.15, 0.2) is 0 Å². The van der Waals surface area contributed by atoms with Crippen molar-refractivity contribution < 1.29 is 18.0 Å². The summed E-state index contributed by atoms with van der Waals surface area (Å²) < 4.78 is 38.4. The number of benzene rings is 1. The zero-order chi connectivity index (χ0) is 13.7. The third kappa shape index (κ3) is 1.87. The molecule has 1 amide bonds. The maximum absolute atomic E-state index is 12.8. The summed E-state index contributed by atoms with van der Waals surface area (Å²) in [5.74, 6) is -0.692. The Bertz CT molecular complexity index is 641. The number of aromatic nitrogens is 1. The largest absolute Gasteiger partial charge is 0.411 e. The highest BCUT2D eigenvalue weighted by molar-refractivity contribution is 6.06. The third-order valence-electron chi connectivity index (χ3n) is 3.48. The molecule has 2 aromatic rings. The van der Waals surface area contributed by atoms with E-state index in [4.69, 9.17) is 0 Å². The number of para-hydroxylation sites is 1. The van der Waals surface area contributed by atoms with Crippen molar-refractivity contribution in [2.24, 2.45) is 0 Å². The van der Waals surface area contributed by atoms with Crippen molar-refractivity contribution in [3.05, 3.63) is 36.0 Å². The van der Waals surface area contributed by atoms with Gasteiger partial charge < -0.3 is 10.3 Å². The van der Waals surface area contributed by atoms with Gasteiger partial charge in [0.05, 0.1) is 11.1 Å². The van der Waals surface area contributed by atoms with Gasteiger partial charge in [-0.1, -0.05) is 12.1 Å². The van der Waals surface area contributed by atoms with Crippen LogP contribution in [-0.2, 0) is 0 Å². The number of amides is 1. The van der Waals surface area contributed by atoms with Crippen molar-refractivity contribution in [2.45, 2.75) is 24.6 Å². The van der Waals surface area contributed by atoms with Crippen molar-refractivity contribution in [1.82, 2.24) is 10.3 Å². The van der Waals surface area contributed by atoms with Gasteiger partial charge >= 0.3 is 6.18 Å². The number of carbonyl (C=O) groups is 1. The molecule has 1 aliphatic rings. The quantitative estimate of drug-likeness (QED) is 0.864. The van der Waals surface area contributed by atoms with E-state index in [2.05, 4.69) is 10.3 Å². The van der Waals surface area contributed by atoms with E-state index in [0.717, 1.165) is 5.39 Å². The molecule has 1 saturated carbocycles. The molecule has 2 N–H and O–H groups in total. The van der Waals surface area contributed by atoms with Crippen LogP contribution in [0.3, 0.4) is 0 Å². The Hall–Kier alpha value is -1.98. The Morgan fingerprint density at radius 2 is 2.00 bits per heavy atom. The number of nitrogens with one attached hydrogen (secondary N) is 2. The number of rotatable bonds is 2. The highest BCUT2D eigenvalue weighted by atomic mass is 19.4. The molecule has 1 fully saturated rings. The number of alkyl halides is 3. The van der Waals surface area contributed by atoms with Crippen LogP contribution >= 0.6 is 0 Å². The molecule has 1 aromatic carbocycles. The van der Waals surface area contributed by atoms with E-state index < -0.39 is 17.6 Å². The molecule has 0 saturated heterocycles. The van der Waals surface area contributed by atoms with Crippen molar-refractivity contribution >= 4 is 16.8 Å². The standard InChI is InChI=1S/C13H11F3N2O/c14-13(15,16)12(5-6-12)18-11(19)9-3-1-2-8-4-7-17-10(8)9/h1-4,7,17H,5-6H2,(H,18,19). The fourth-order valence-electron chi connectivity index (χ4n) is 2.16. The molecule has 3 nitrogen and oxygen atoms in total. The van der Waals surface area contributed by atoms with Gasteiger partial charge in [0.25, 0.3) is 5.91 Å². The van der Waals surface area contributed by atoms with Crippen LogP contribution in [0.15, 0.2) is 30.5 Å². The number of carbonyl (C=O) groups excluding carboxylic acids is 1. The summed E-state index contributed by atoms with van der Waals surface area (Å²) in [5.41, 5.74) is -1.24. The minimum atomic E-state index is -4.40. The number of H-pyrrole nitrogens is 1. The predicted molar refractivity (Wildman–Crippen MR) is 63.8 cm³/mol. The molecule has 1 aromatic heterocycles. The van der Waals surface area contributed by atoms with Gasteiger partial charge in [0, 0.05) is 11.6 Å². The molecular formula is C13H11F3N2O.